The van der Waals surface area contributed by atoms with Crippen molar-refractivity contribution in [2.75, 3.05) is 39.8 Å². The van der Waals surface area contributed by atoms with Crippen LogP contribution in [0.5, 0.6) is 5.75 Å². The molecule has 0 saturated carbocycles. The summed E-state index contributed by atoms with van der Waals surface area (Å²) in [4.78, 5) is 2.26. The van der Waals surface area contributed by atoms with Crippen molar-refractivity contribution in [2.45, 2.75) is 6.42 Å². The van der Waals surface area contributed by atoms with Crippen molar-refractivity contribution in [3.63, 3.8) is 0 Å². The van der Waals surface area contributed by atoms with Gasteiger partial charge in [0.15, 0.2) is 0 Å². The Morgan fingerprint density at radius 3 is 2.67 bits per heavy atom. The smallest absolute Gasteiger partial charge is 0.133 e. The zero-order chi connectivity index (χ0) is 13.0. The molecule has 18 heavy (non-hydrogen) atoms. The van der Waals surface area contributed by atoms with E-state index in [0.717, 1.165) is 38.8 Å². The fourth-order valence-electron chi connectivity index (χ4n) is 2.21. The zero-order valence-electron chi connectivity index (χ0n) is 10.5. The normalized spacial score (nSPS) is 16.8. The lowest BCUT2D eigenvalue weighted by molar-refractivity contribution is 0.242. The molecule has 0 spiro atoms. The van der Waals surface area contributed by atoms with Crippen LogP contribution >= 0.6 is 0 Å². The topological polar surface area (TPSA) is 24.5 Å². The number of hydrogen-bond donors (Lipinski definition) is 1. The minimum atomic E-state index is -0.602. The third-order valence-electron chi connectivity index (χ3n) is 3.23. The standard InChI is InChI=1S/C13H18F2N2O/c1-18-13-9-10(14)8-12(15)11(13)2-5-17-6-3-16-4-7-17/h8-9,16H,2-7H2,1H3. The number of rotatable bonds is 4. The first-order valence-corrected chi connectivity index (χ1v) is 6.15. The van der Waals surface area contributed by atoms with Gasteiger partial charge in [-0.3, -0.25) is 0 Å². The van der Waals surface area contributed by atoms with Crippen molar-refractivity contribution in [3.05, 3.63) is 29.3 Å². The fraction of sp³-hybridized carbons (Fsp3) is 0.538. The number of benzene rings is 1. The van der Waals surface area contributed by atoms with Gasteiger partial charge in [0, 0.05) is 50.4 Å². The second-order valence-electron chi connectivity index (χ2n) is 4.41. The van der Waals surface area contributed by atoms with E-state index in [0.29, 0.717) is 17.7 Å². The number of ether oxygens (including phenoxy) is 1. The molecule has 5 heteroatoms. The number of nitrogens with zero attached hydrogens (tertiary/aromatic N) is 1. The van der Waals surface area contributed by atoms with Crippen LogP contribution in [0.3, 0.4) is 0 Å². The lowest BCUT2D eigenvalue weighted by atomic mass is 10.1. The predicted octanol–water partition coefficient (Wildman–Crippen LogP) is 1.42. The molecule has 1 heterocycles. The second-order valence-corrected chi connectivity index (χ2v) is 4.41. The van der Waals surface area contributed by atoms with Crippen molar-refractivity contribution in [2.24, 2.45) is 0 Å². The number of nitrogens with one attached hydrogen (secondary N) is 1. The summed E-state index contributed by atoms with van der Waals surface area (Å²) >= 11 is 0. The van der Waals surface area contributed by atoms with Crippen LogP contribution in [0.25, 0.3) is 0 Å². The van der Waals surface area contributed by atoms with E-state index in [9.17, 15) is 8.78 Å². The highest BCUT2D eigenvalue weighted by Crippen LogP contribution is 2.23. The van der Waals surface area contributed by atoms with E-state index >= 15 is 0 Å². The average molecular weight is 256 g/mol. The van der Waals surface area contributed by atoms with Crippen molar-refractivity contribution < 1.29 is 13.5 Å². The van der Waals surface area contributed by atoms with E-state index in [1.165, 1.54) is 13.2 Å². The van der Waals surface area contributed by atoms with E-state index in [-0.39, 0.29) is 0 Å². The van der Waals surface area contributed by atoms with Crippen LogP contribution in [0.15, 0.2) is 12.1 Å². The molecule has 2 rings (SSSR count). The summed E-state index contributed by atoms with van der Waals surface area (Å²) in [5, 5.41) is 3.26. The maximum Gasteiger partial charge on any atom is 0.133 e. The highest BCUT2D eigenvalue weighted by Gasteiger charge is 2.15. The Hall–Kier alpha value is -1.20. The van der Waals surface area contributed by atoms with Gasteiger partial charge in [-0.15, -0.1) is 0 Å². The van der Waals surface area contributed by atoms with Crippen molar-refractivity contribution in [1.82, 2.24) is 10.2 Å². The Morgan fingerprint density at radius 1 is 1.28 bits per heavy atom. The highest BCUT2D eigenvalue weighted by atomic mass is 19.1. The molecule has 3 nitrogen and oxygen atoms in total. The Bertz CT molecular complexity index is 406. The summed E-state index contributed by atoms with van der Waals surface area (Å²) in [6.45, 7) is 4.61. The van der Waals surface area contributed by atoms with Gasteiger partial charge in [-0.2, -0.15) is 0 Å². The van der Waals surface area contributed by atoms with Gasteiger partial charge >= 0.3 is 0 Å². The molecule has 0 unspecified atom stereocenters. The third kappa shape index (κ3) is 3.17. The molecule has 0 radical (unpaired) electrons. The third-order valence-corrected chi connectivity index (χ3v) is 3.23. The van der Waals surface area contributed by atoms with Crippen molar-refractivity contribution in [3.8, 4) is 5.75 Å². The molecular weight excluding hydrogens is 238 g/mol. The number of piperazine rings is 1. The van der Waals surface area contributed by atoms with Crippen LogP contribution in [-0.2, 0) is 6.42 Å². The molecule has 1 N–H and O–H groups in total. The molecule has 1 aromatic rings. The van der Waals surface area contributed by atoms with Gasteiger partial charge in [0.1, 0.15) is 17.4 Å². The summed E-state index contributed by atoms with van der Waals surface area (Å²) in [5.74, 6) is -0.833. The van der Waals surface area contributed by atoms with Crippen LogP contribution < -0.4 is 10.1 Å². The molecule has 1 saturated heterocycles. The van der Waals surface area contributed by atoms with Gasteiger partial charge in [-0.05, 0) is 6.42 Å². The zero-order valence-corrected chi connectivity index (χ0v) is 10.5. The summed E-state index contributed by atoms with van der Waals surface area (Å²) in [5.41, 5.74) is 0.456. The quantitative estimate of drug-likeness (QED) is 0.882. The number of methoxy groups -OCH3 is 1. The van der Waals surface area contributed by atoms with Crippen LogP contribution in [0.1, 0.15) is 5.56 Å². The molecule has 1 aliphatic heterocycles. The Kier molecular flexibility index (Phi) is 4.49. The molecule has 1 fully saturated rings. The Labute approximate surface area is 106 Å². The second kappa shape index (κ2) is 6.11. The van der Waals surface area contributed by atoms with Gasteiger partial charge in [-0.1, -0.05) is 0 Å². The maximum absolute atomic E-state index is 13.7. The molecule has 1 aliphatic rings. The van der Waals surface area contributed by atoms with Gasteiger partial charge in [0.2, 0.25) is 0 Å². The van der Waals surface area contributed by atoms with E-state index in [1.54, 1.807) is 0 Å². The lowest BCUT2D eigenvalue weighted by Gasteiger charge is -2.27. The van der Waals surface area contributed by atoms with Crippen molar-refractivity contribution in [1.29, 1.82) is 0 Å². The Balaban J connectivity index is 2.03. The number of hydrogen-bond acceptors (Lipinski definition) is 3. The average Bonchev–Trinajstić information content (AvgIpc) is 2.38. The SMILES string of the molecule is COc1cc(F)cc(F)c1CCN1CCNCC1. The number of halogens is 2. The molecule has 0 amide bonds. The minimum absolute atomic E-state index is 0.294. The van der Waals surface area contributed by atoms with Gasteiger partial charge in [-0.25, -0.2) is 8.78 Å². The summed E-state index contributed by atoms with van der Waals surface area (Å²) in [7, 11) is 1.43. The lowest BCUT2D eigenvalue weighted by Crippen LogP contribution is -2.44. The van der Waals surface area contributed by atoms with E-state index < -0.39 is 11.6 Å². The molecule has 1 aromatic carbocycles. The van der Waals surface area contributed by atoms with Crippen molar-refractivity contribution >= 4 is 0 Å². The van der Waals surface area contributed by atoms with E-state index in [2.05, 4.69) is 10.2 Å². The predicted molar refractivity (Wildman–Crippen MR) is 65.9 cm³/mol. The van der Waals surface area contributed by atoms with E-state index in [1.807, 2.05) is 0 Å². The fourth-order valence-corrected chi connectivity index (χ4v) is 2.21. The summed E-state index contributed by atoms with van der Waals surface area (Å²) in [6, 6.07) is 2.14. The molecule has 100 valence electrons. The van der Waals surface area contributed by atoms with Crippen LogP contribution in [-0.4, -0.2) is 44.7 Å². The summed E-state index contributed by atoms with van der Waals surface area (Å²) < 4.78 is 31.8. The summed E-state index contributed by atoms with van der Waals surface area (Å²) in [6.07, 6.45) is 0.537. The van der Waals surface area contributed by atoms with Crippen LogP contribution in [0.2, 0.25) is 0 Å². The first-order chi connectivity index (χ1) is 8.70. The van der Waals surface area contributed by atoms with Gasteiger partial charge in [0.25, 0.3) is 0 Å². The molecular formula is C13H18F2N2O. The molecule has 0 atom stereocenters. The van der Waals surface area contributed by atoms with Gasteiger partial charge in [0.05, 0.1) is 7.11 Å². The minimum Gasteiger partial charge on any atom is -0.496 e. The van der Waals surface area contributed by atoms with Crippen LogP contribution in [0, 0.1) is 11.6 Å². The molecule has 0 aromatic heterocycles. The Morgan fingerprint density at radius 2 is 2.00 bits per heavy atom. The first-order valence-electron chi connectivity index (χ1n) is 6.15. The maximum atomic E-state index is 13.7. The van der Waals surface area contributed by atoms with Gasteiger partial charge < -0.3 is 15.0 Å². The van der Waals surface area contributed by atoms with Crippen LogP contribution in [0.4, 0.5) is 8.78 Å². The molecule has 0 bridgehead atoms. The monoisotopic (exact) mass is 256 g/mol. The first kappa shape index (κ1) is 13.2. The largest absolute Gasteiger partial charge is 0.496 e. The molecule has 0 aliphatic carbocycles. The highest BCUT2D eigenvalue weighted by molar-refractivity contribution is 5.35. The van der Waals surface area contributed by atoms with E-state index in [4.69, 9.17) is 4.74 Å².